The van der Waals surface area contributed by atoms with E-state index >= 15 is 0 Å². The predicted octanol–water partition coefficient (Wildman–Crippen LogP) is 3.47. The van der Waals surface area contributed by atoms with Crippen molar-refractivity contribution < 1.29 is 27.3 Å². The number of aldehydes is 1. The molecule has 1 aliphatic rings. The summed E-state index contributed by atoms with van der Waals surface area (Å²) >= 11 is 5.62. The number of halogens is 4. The fourth-order valence-electron chi connectivity index (χ4n) is 2.10. The number of hydrogen-bond acceptors (Lipinski definition) is 3. The van der Waals surface area contributed by atoms with E-state index in [1.165, 1.54) is 0 Å². The van der Waals surface area contributed by atoms with Crippen LogP contribution in [0.5, 0.6) is 0 Å². The molecule has 2 rings (SSSR count). The molecule has 1 aromatic rings. The average molecular weight is 335 g/mol. The molecule has 120 valence electrons. The van der Waals surface area contributed by atoms with Crippen LogP contribution in [0.15, 0.2) is 12.1 Å². The summed E-state index contributed by atoms with van der Waals surface area (Å²) < 4.78 is 50.4. The molecule has 1 saturated heterocycles. The van der Waals surface area contributed by atoms with Crippen molar-refractivity contribution in [3.8, 4) is 0 Å². The Morgan fingerprint density at radius 1 is 1.14 bits per heavy atom. The quantitative estimate of drug-likeness (QED) is 0.614. The minimum absolute atomic E-state index is 0.0106. The van der Waals surface area contributed by atoms with Crippen LogP contribution in [0.3, 0.4) is 0 Å². The molecule has 1 heterocycles. The van der Waals surface area contributed by atoms with Crippen molar-refractivity contribution in [3.63, 3.8) is 0 Å². The molecule has 0 atom stereocenters. The van der Waals surface area contributed by atoms with E-state index in [4.69, 9.17) is 20.9 Å². The highest BCUT2D eigenvalue weighted by Gasteiger charge is 2.52. The SMILES string of the molecule is CC1(C)OB(c2cc(C(F)(F)F)c(Cl)cc2C=O)OC1(C)C. The molecular weight excluding hydrogens is 319 g/mol. The second-order valence-corrected chi connectivity index (χ2v) is 6.57. The van der Waals surface area contributed by atoms with E-state index in [0.29, 0.717) is 6.29 Å². The Morgan fingerprint density at radius 3 is 2.05 bits per heavy atom. The van der Waals surface area contributed by atoms with Crippen LogP contribution >= 0.6 is 11.6 Å². The highest BCUT2D eigenvalue weighted by Crippen LogP contribution is 2.38. The molecule has 0 amide bonds. The topological polar surface area (TPSA) is 35.5 Å². The third-order valence-electron chi connectivity index (χ3n) is 4.11. The minimum Gasteiger partial charge on any atom is -0.399 e. The van der Waals surface area contributed by atoms with Gasteiger partial charge < -0.3 is 9.31 Å². The van der Waals surface area contributed by atoms with Crippen LogP contribution in [0.4, 0.5) is 13.2 Å². The van der Waals surface area contributed by atoms with Crippen molar-refractivity contribution in [1.82, 2.24) is 0 Å². The zero-order valence-electron chi connectivity index (χ0n) is 12.5. The first-order valence-corrected chi connectivity index (χ1v) is 6.98. The van der Waals surface area contributed by atoms with Gasteiger partial charge >= 0.3 is 13.3 Å². The van der Waals surface area contributed by atoms with Gasteiger partial charge in [-0.25, -0.2) is 0 Å². The molecule has 0 N–H and O–H groups in total. The molecule has 1 aliphatic heterocycles. The number of carbonyl (C=O) groups is 1. The molecule has 0 aromatic heterocycles. The Balaban J connectivity index is 2.54. The van der Waals surface area contributed by atoms with E-state index in [1.807, 2.05) is 0 Å². The van der Waals surface area contributed by atoms with Crippen LogP contribution in [0.1, 0.15) is 43.6 Å². The van der Waals surface area contributed by atoms with Gasteiger partial charge in [0, 0.05) is 5.56 Å². The number of hydrogen-bond donors (Lipinski definition) is 0. The van der Waals surface area contributed by atoms with Crippen LogP contribution in [0, 0.1) is 0 Å². The molecule has 8 heteroatoms. The van der Waals surface area contributed by atoms with Gasteiger partial charge in [-0.15, -0.1) is 0 Å². The van der Waals surface area contributed by atoms with Crippen LogP contribution in [-0.2, 0) is 15.5 Å². The van der Waals surface area contributed by atoms with E-state index in [0.717, 1.165) is 12.1 Å². The zero-order chi connectivity index (χ0) is 16.9. The van der Waals surface area contributed by atoms with Crippen LogP contribution in [0.25, 0.3) is 0 Å². The summed E-state index contributed by atoms with van der Waals surface area (Å²) in [5.74, 6) is 0. The Morgan fingerprint density at radius 2 is 1.64 bits per heavy atom. The molecule has 0 unspecified atom stereocenters. The lowest BCUT2D eigenvalue weighted by Gasteiger charge is -2.32. The fourth-order valence-corrected chi connectivity index (χ4v) is 2.38. The van der Waals surface area contributed by atoms with Gasteiger partial charge in [0.05, 0.1) is 21.8 Å². The summed E-state index contributed by atoms with van der Waals surface area (Å²) in [5, 5.41) is -0.533. The van der Waals surface area contributed by atoms with Crippen LogP contribution < -0.4 is 5.46 Å². The highest BCUT2D eigenvalue weighted by molar-refractivity contribution is 6.63. The Kier molecular flexibility index (Phi) is 4.13. The lowest BCUT2D eigenvalue weighted by molar-refractivity contribution is -0.137. The largest absolute Gasteiger partial charge is 0.495 e. The van der Waals surface area contributed by atoms with Gasteiger partial charge in [-0.3, -0.25) is 4.79 Å². The Labute approximate surface area is 131 Å². The molecule has 0 radical (unpaired) electrons. The van der Waals surface area contributed by atoms with Gasteiger partial charge in [0.2, 0.25) is 0 Å². The summed E-state index contributed by atoms with van der Waals surface area (Å²) in [7, 11) is -1.07. The maximum absolute atomic E-state index is 13.0. The van der Waals surface area contributed by atoms with E-state index in [9.17, 15) is 18.0 Å². The number of rotatable bonds is 2. The lowest BCUT2D eigenvalue weighted by atomic mass is 9.75. The Bertz CT molecular complexity index is 598. The molecule has 0 spiro atoms. The van der Waals surface area contributed by atoms with E-state index in [1.54, 1.807) is 27.7 Å². The van der Waals surface area contributed by atoms with Gasteiger partial charge in [-0.1, -0.05) is 11.6 Å². The molecule has 3 nitrogen and oxygen atoms in total. The lowest BCUT2D eigenvalue weighted by Crippen LogP contribution is -2.41. The van der Waals surface area contributed by atoms with E-state index in [2.05, 4.69) is 0 Å². The standard InChI is InChI=1S/C14H15BClF3O3/c1-12(2)13(3,4)22-15(21-12)10-6-9(14(17,18)19)11(16)5-8(10)7-20/h5-7H,1-4H3. The Hall–Kier alpha value is -1.05. The number of benzene rings is 1. The molecule has 0 saturated carbocycles. The van der Waals surface area contributed by atoms with Gasteiger partial charge in [-0.05, 0) is 45.3 Å². The van der Waals surface area contributed by atoms with E-state index < -0.39 is 35.1 Å². The molecule has 0 bridgehead atoms. The van der Waals surface area contributed by atoms with Crippen molar-refractivity contribution in [2.24, 2.45) is 0 Å². The van der Waals surface area contributed by atoms with Crippen molar-refractivity contribution in [1.29, 1.82) is 0 Å². The number of carbonyl (C=O) groups excluding carboxylic acids is 1. The third-order valence-corrected chi connectivity index (χ3v) is 4.42. The van der Waals surface area contributed by atoms with Crippen LogP contribution in [-0.4, -0.2) is 24.6 Å². The second kappa shape index (κ2) is 5.25. The summed E-state index contributed by atoms with van der Waals surface area (Å²) in [6, 6.07) is 1.80. The van der Waals surface area contributed by atoms with Crippen LogP contribution in [0.2, 0.25) is 5.02 Å². The maximum atomic E-state index is 13.0. The zero-order valence-corrected chi connectivity index (χ0v) is 13.3. The number of alkyl halides is 3. The second-order valence-electron chi connectivity index (χ2n) is 6.16. The van der Waals surface area contributed by atoms with Crippen molar-refractivity contribution >= 4 is 30.5 Å². The first-order chi connectivity index (χ1) is 9.89. The van der Waals surface area contributed by atoms with E-state index in [-0.39, 0.29) is 11.0 Å². The highest BCUT2D eigenvalue weighted by atomic mass is 35.5. The van der Waals surface area contributed by atoms with Gasteiger partial charge in [0.25, 0.3) is 0 Å². The van der Waals surface area contributed by atoms with Crippen molar-refractivity contribution in [3.05, 3.63) is 28.3 Å². The first-order valence-electron chi connectivity index (χ1n) is 6.60. The van der Waals surface area contributed by atoms with Gasteiger partial charge in [0.1, 0.15) is 6.29 Å². The summed E-state index contributed by atoms with van der Waals surface area (Å²) in [6.07, 6.45) is -4.19. The average Bonchev–Trinajstić information content (AvgIpc) is 2.56. The summed E-state index contributed by atoms with van der Waals surface area (Å²) in [4.78, 5) is 11.2. The fraction of sp³-hybridized carbons (Fsp3) is 0.500. The minimum atomic E-state index is -4.63. The molecule has 1 fully saturated rings. The molecule has 22 heavy (non-hydrogen) atoms. The van der Waals surface area contributed by atoms with Crippen molar-refractivity contribution in [2.45, 2.75) is 45.1 Å². The molecule has 1 aromatic carbocycles. The van der Waals surface area contributed by atoms with Gasteiger partial charge in [-0.2, -0.15) is 13.2 Å². The molecular formula is C14H15BClF3O3. The summed E-state index contributed by atoms with van der Waals surface area (Å²) in [5.41, 5.74) is -2.45. The molecule has 0 aliphatic carbocycles. The van der Waals surface area contributed by atoms with Crippen molar-refractivity contribution in [2.75, 3.05) is 0 Å². The predicted molar refractivity (Wildman–Crippen MR) is 77.6 cm³/mol. The van der Waals surface area contributed by atoms with Gasteiger partial charge in [0.15, 0.2) is 0 Å². The normalized spacial score (nSPS) is 20.3. The smallest absolute Gasteiger partial charge is 0.399 e. The first kappa shape index (κ1) is 17.3. The summed E-state index contributed by atoms with van der Waals surface area (Å²) in [6.45, 7) is 7.09. The monoisotopic (exact) mass is 334 g/mol. The maximum Gasteiger partial charge on any atom is 0.495 e. The third kappa shape index (κ3) is 2.89.